The Morgan fingerprint density at radius 2 is 1.70 bits per heavy atom. The van der Waals surface area contributed by atoms with Crippen LogP contribution in [0.4, 0.5) is 0 Å². The minimum atomic E-state index is 0.00275. The van der Waals surface area contributed by atoms with Gasteiger partial charge in [-0.3, -0.25) is 0 Å². The van der Waals surface area contributed by atoms with Gasteiger partial charge in [-0.25, -0.2) is 0 Å². The van der Waals surface area contributed by atoms with E-state index >= 15 is 0 Å². The molecule has 0 aliphatic carbocycles. The molecule has 0 radical (unpaired) electrons. The van der Waals surface area contributed by atoms with Crippen LogP contribution in [0.15, 0.2) is 48.5 Å². The Hall–Kier alpha value is -1.84. The number of para-hydroxylation sites is 1. The summed E-state index contributed by atoms with van der Waals surface area (Å²) in [6, 6.07) is 15.6. The van der Waals surface area contributed by atoms with Crippen LogP contribution >= 0.6 is 0 Å². The highest BCUT2D eigenvalue weighted by Gasteiger charge is 2.09. The molecule has 0 unspecified atom stereocenters. The van der Waals surface area contributed by atoms with Gasteiger partial charge in [-0.05, 0) is 23.6 Å². The molecule has 0 aromatic heterocycles. The van der Waals surface area contributed by atoms with Crippen molar-refractivity contribution in [3.05, 3.63) is 65.2 Å². The first kappa shape index (κ1) is 14.6. The van der Waals surface area contributed by atoms with Crippen molar-refractivity contribution >= 4 is 0 Å². The molecular weight excluding hydrogens is 250 g/mol. The van der Waals surface area contributed by atoms with Gasteiger partial charge in [0.2, 0.25) is 0 Å². The number of rotatable bonds is 6. The summed E-state index contributed by atoms with van der Waals surface area (Å²) in [5.74, 6) is 0.841. The molecule has 0 aliphatic rings. The highest BCUT2D eigenvalue weighted by Crippen LogP contribution is 2.26. The van der Waals surface area contributed by atoms with Crippen LogP contribution in [-0.4, -0.2) is 5.11 Å². The predicted octanol–water partition coefficient (Wildman–Crippen LogP) is 3.17. The average molecular weight is 271 g/mol. The largest absolute Gasteiger partial charge is 0.489 e. The number of aliphatic hydroxyl groups excluding tert-OH is 1. The number of ether oxygens (including phenoxy) is 1. The number of nitrogens with two attached hydrogens (primary N) is 1. The lowest BCUT2D eigenvalue weighted by molar-refractivity contribution is 0.281. The van der Waals surface area contributed by atoms with E-state index in [4.69, 9.17) is 15.6 Å². The zero-order chi connectivity index (χ0) is 14.4. The monoisotopic (exact) mass is 271 g/mol. The molecule has 3 heteroatoms. The van der Waals surface area contributed by atoms with Crippen molar-refractivity contribution in [3.8, 4) is 5.75 Å². The van der Waals surface area contributed by atoms with Crippen LogP contribution in [-0.2, 0) is 13.2 Å². The van der Waals surface area contributed by atoms with Crippen molar-refractivity contribution in [1.82, 2.24) is 0 Å². The molecule has 0 bridgehead atoms. The van der Waals surface area contributed by atoms with Gasteiger partial charge < -0.3 is 15.6 Å². The minimum absolute atomic E-state index is 0.00275. The van der Waals surface area contributed by atoms with E-state index in [1.807, 2.05) is 48.5 Å². The van der Waals surface area contributed by atoms with Gasteiger partial charge in [0.05, 0.1) is 6.61 Å². The van der Waals surface area contributed by atoms with Crippen LogP contribution in [0.1, 0.15) is 36.1 Å². The fourth-order valence-corrected chi connectivity index (χ4v) is 2.04. The molecule has 0 fully saturated rings. The maximum absolute atomic E-state index is 9.02. The van der Waals surface area contributed by atoms with Crippen molar-refractivity contribution in [2.45, 2.75) is 32.6 Å². The Labute approximate surface area is 120 Å². The highest BCUT2D eigenvalue weighted by atomic mass is 16.5. The molecule has 106 valence electrons. The summed E-state index contributed by atoms with van der Waals surface area (Å²) in [5, 5.41) is 9.02. The van der Waals surface area contributed by atoms with Crippen LogP contribution in [0.3, 0.4) is 0 Å². The molecule has 0 heterocycles. The molecule has 0 saturated heterocycles. The van der Waals surface area contributed by atoms with E-state index in [0.29, 0.717) is 6.61 Å². The van der Waals surface area contributed by atoms with E-state index in [-0.39, 0.29) is 12.6 Å². The van der Waals surface area contributed by atoms with Crippen molar-refractivity contribution < 1.29 is 9.84 Å². The van der Waals surface area contributed by atoms with Crippen LogP contribution < -0.4 is 10.5 Å². The summed E-state index contributed by atoms with van der Waals surface area (Å²) in [5.41, 5.74) is 9.11. The molecule has 2 aromatic rings. The standard InChI is InChI=1S/C17H21NO2/c1-2-16(18)15-5-3-4-6-17(15)20-12-14-9-7-13(11-19)8-10-14/h3-10,16,19H,2,11-12,18H2,1H3/t16-/m0/s1. The molecule has 2 aromatic carbocycles. The normalized spacial score (nSPS) is 12.2. The molecular formula is C17H21NO2. The second-order valence-electron chi connectivity index (χ2n) is 4.82. The topological polar surface area (TPSA) is 55.5 Å². The summed E-state index contributed by atoms with van der Waals surface area (Å²) in [4.78, 5) is 0. The lowest BCUT2D eigenvalue weighted by atomic mass is 10.0. The van der Waals surface area contributed by atoms with Gasteiger partial charge in [-0.15, -0.1) is 0 Å². The number of aliphatic hydroxyl groups is 1. The third kappa shape index (κ3) is 3.59. The first-order valence-electron chi connectivity index (χ1n) is 6.90. The fourth-order valence-electron chi connectivity index (χ4n) is 2.04. The minimum Gasteiger partial charge on any atom is -0.489 e. The zero-order valence-electron chi connectivity index (χ0n) is 11.8. The zero-order valence-corrected chi connectivity index (χ0v) is 11.8. The maximum atomic E-state index is 9.02. The number of benzene rings is 2. The van der Waals surface area contributed by atoms with Crippen molar-refractivity contribution in [2.75, 3.05) is 0 Å². The molecule has 0 saturated carbocycles. The van der Waals surface area contributed by atoms with Gasteiger partial charge in [0.25, 0.3) is 0 Å². The second-order valence-corrected chi connectivity index (χ2v) is 4.82. The molecule has 2 rings (SSSR count). The van der Waals surface area contributed by atoms with Crippen LogP contribution in [0.5, 0.6) is 5.75 Å². The SMILES string of the molecule is CC[C@H](N)c1ccccc1OCc1ccc(CO)cc1. The van der Waals surface area contributed by atoms with Gasteiger partial charge in [-0.2, -0.15) is 0 Å². The van der Waals surface area contributed by atoms with E-state index in [1.165, 1.54) is 0 Å². The quantitative estimate of drug-likeness (QED) is 0.848. The van der Waals surface area contributed by atoms with E-state index in [0.717, 1.165) is 28.9 Å². The molecule has 20 heavy (non-hydrogen) atoms. The van der Waals surface area contributed by atoms with Gasteiger partial charge in [0, 0.05) is 11.6 Å². The first-order valence-corrected chi connectivity index (χ1v) is 6.90. The maximum Gasteiger partial charge on any atom is 0.124 e. The first-order chi connectivity index (χ1) is 9.74. The summed E-state index contributed by atoms with van der Waals surface area (Å²) in [6.07, 6.45) is 0.881. The Morgan fingerprint density at radius 1 is 1.05 bits per heavy atom. The summed E-state index contributed by atoms with van der Waals surface area (Å²) < 4.78 is 5.88. The van der Waals surface area contributed by atoms with Crippen LogP contribution in [0.2, 0.25) is 0 Å². The third-order valence-electron chi connectivity index (χ3n) is 3.36. The Morgan fingerprint density at radius 3 is 2.35 bits per heavy atom. The van der Waals surface area contributed by atoms with Gasteiger partial charge in [0.1, 0.15) is 12.4 Å². The highest BCUT2D eigenvalue weighted by molar-refractivity contribution is 5.36. The predicted molar refractivity (Wildman–Crippen MR) is 80.4 cm³/mol. The van der Waals surface area contributed by atoms with Gasteiger partial charge >= 0.3 is 0 Å². The number of hydrogen-bond donors (Lipinski definition) is 2. The molecule has 0 aliphatic heterocycles. The fraction of sp³-hybridized carbons (Fsp3) is 0.294. The van der Waals surface area contributed by atoms with Crippen LogP contribution in [0.25, 0.3) is 0 Å². The van der Waals surface area contributed by atoms with Crippen molar-refractivity contribution in [1.29, 1.82) is 0 Å². The molecule has 3 nitrogen and oxygen atoms in total. The average Bonchev–Trinajstić information content (AvgIpc) is 2.53. The molecule has 0 spiro atoms. The molecule has 3 N–H and O–H groups in total. The Balaban J connectivity index is 2.06. The van der Waals surface area contributed by atoms with E-state index < -0.39 is 0 Å². The Bertz CT molecular complexity index is 537. The van der Waals surface area contributed by atoms with Crippen molar-refractivity contribution in [2.24, 2.45) is 5.73 Å². The summed E-state index contributed by atoms with van der Waals surface area (Å²) in [7, 11) is 0. The lowest BCUT2D eigenvalue weighted by Crippen LogP contribution is -2.10. The second kappa shape index (κ2) is 7.08. The van der Waals surface area contributed by atoms with Crippen LogP contribution in [0, 0.1) is 0 Å². The third-order valence-corrected chi connectivity index (χ3v) is 3.36. The van der Waals surface area contributed by atoms with Crippen molar-refractivity contribution in [3.63, 3.8) is 0 Å². The van der Waals surface area contributed by atoms with E-state index in [2.05, 4.69) is 6.92 Å². The van der Waals surface area contributed by atoms with E-state index in [9.17, 15) is 0 Å². The lowest BCUT2D eigenvalue weighted by Gasteiger charge is -2.15. The summed E-state index contributed by atoms with van der Waals surface area (Å²) in [6.45, 7) is 2.63. The molecule has 1 atom stereocenters. The molecule has 0 amide bonds. The summed E-state index contributed by atoms with van der Waals surface area (Å²) >= 11 is 0. The van der Waals surface area contributed by atoms with Gasteiger partial charge in [-0.1, -0.05) is 49.4 Å². The smallest absolute Gasteiger partial charge is 0.124 e. The van der Waals surface area contributed by atoms with Gasteiger partial charge in [0.15, 0.2) is 0 Å². The Kier molecular flexibility index (Phi) is 5.16. The number of hydrogen-bond acceptors (Lipinski definition) is 3. The van der Waals surface area contributed by atoms with E-state index in [1.54, 1.807) is 0 Å².